The molecular weight excluding hydrogens is 474 g/mol. The number of benzene rings is 1. The Balaban J connectivity index is 0.00000280. The smallest absolute Gasteiger partial charge is 0.194 e. The van der Waals surface area contributed by atoms with E-state index in [4.69, 9.17) is 14.5 Å². The summed E-state index contributed by atoms with van der Waals surface area (Å²) in [5, 5.41) is 3.40. The van der Waals surface area contributed by atoms with Gasteiger partial charge < -0.3 is 19.7 Å². The Hall–Kier alpha value is -0.970. The van der Waals surface area contributed by atoms with E-state index < -0.39 is 0 Å². The van der Waals surface area contributed by atoms with Crippen molar-refractivity contribution in [3.05, 3.63) is 35.1 Å². The molecule has 0 spiro atoms. The van der Waals surface area contributed by atoms with Crippen LogP contribution in [0.15, 0.2) is 23.2 Å². The molecule has 1 unspecified atom stereocenters. The van der Waals surface area contributed by atoms with Crippen molar-refractivity contribution in [2.75, 3.05) is 53.0 Å². The first-order chi connectivity index (χ1) is 13.2. The molecule has 0 saturated carbocycles. The molecular formula is C20H32FIN4O2. The van der Waals surface area contributed by atoms with Crippen molar-refractivity contribution in [1.29, 1.82) is 0 Å². The van der Waals surface area contributed by atoms with Gasteiger partial charge in [0.1, 0.15) is 5.82 Å². The fourth-order valence-electron chi connectivity index (χ4n) is 3.76. The summed E-state index contributed by atoms with van der Waals surface area (Å²) in [6.07, 6.45) is 1.15. The van der Waals surface area contributed by atoms with Gasteiger partial charge in [0.25, 0.3) is 0 Å². The van der Waals surface area contributed by atoms with Gasteiger partial charge in [-0.1, -0.05) is 6.07 Å². The molecule has 0 aliphatic carbocycles. The van der Waals surface area contributed by atoms with Crippen LogP contribution in [0.1, 0.15) is 24.5 Å². The van der Waals surface area contributed by atoms with Crippen LogP contribution in [-0.2, 0) is 22.6 Å². The lowest BCUT2D eigenvalue weighted by Gasteiger charge is -2.32. The molecule has 0 amide bonds. The average molecular weight is 506 g/mol. The van der Waals surface area contributed by atoms with Gasteiger partial charge in [-0.05, 0) is 31.0 Å². The highest BCUT2D eigenvalue weighted by atomic mass is 127. The minimum Gasteiger partial charge on any atom is -0.380 e. The molecule has 1 N–H and O–H groups in total. The van der Waals surface area contributed by atoms with Gasteiger partial charge >= 0.3 is 0 Å². The number of aliphatic imine (C=N–C) groups is 1. The Morgan fingerprint density at radius 1 is 1.32 bits per heavy atom. The first kappa shape index (κ1) is 23.3. The van der Waals surface area contributed by atoms with Crippen molar-refractivity contribution in [2.24, 2.45) is 4.99 Å². The number of methoxy groups -OCH3 is 1. The van der Waals surface area contributed by atoms with Crippen molar-refractivity contribution in [3.63, 3.8) is 0 Å². The quantitative estimate of drug-likeness (QED) is 0.365. The molecule has 2 fully saturated rings. The number of guanidine groups is 1. The summed E-state index contributed by atoms with van der Waals surface area (Å²) < 4.78 is 24.3. The zero-order chi connectivity index (χ0) is 19.1. The van der Waals surface area contributed by atoms with Crippen LogP contribution < -0.4 is 5.32 Å². The normalized spacial score (nSPS) is 20.9. The number of likely N-dealkylation sites (tertiary alicyclic amines) is 1. The molecule has 28 heavy (non-hydrogen) atoms. The van der Waals surface area contributed by atoms with E-state index in [1.54, 1.807) is 13.2 Å². The van der Waals surface area contributed by atoms with Gasteiger partial charge in [0.15, 0.2) is 5.96 Å². The second kappa shape index (κ2) is 11.9. The molecule has 1 aromatic rings. The van der Waals surface area contributed by atoms with Crippen LogP contribution in [0.2, 0.25) is 0 Å². The highest BCUT2D eigenvalue weighted by Crippen LogP contribution is 2.18. The minimum atomic E-state index is -0.232. The molecule has 2 saturated heterocycles. The molecule has 0 aromatic heterocycles. The predicted molar refractivity (Wildman–Crippen MR) is 120 cm³/mol. The number of morpholine rings is 1. The number of nitrogens with one attached hydrogen (secondary N) is 1. The van der Waals surface area contributed by atoms with Crippen molar-refractivity contribution >= 4 is 29.9 Å². The van der Waals surface area contributed by atoms with E-state index in [0.29, 0.717) is 18.2 Å². The molecule has 2 heterocycles. The largest absolute Gasteiger partial charge is 0.380 e. The topological polar surface area (TPSA) is 49.3 Å². The SMILES string of the molecule is CCNC(=NCc1ccc(F)c(COC)c1)N1CCC(N2CCOCC2)C1.I. The standard InChI is InChI=1S/C20H31FN4O2.HI/c1-3-22-20(23-13-16-4-5-19(21)17(12-16)15-26-2)25-7-6-18(14-25)24-8-10-27-11-9-24;/h4-5,12,18H,3,6-11,13-15H2,1-2H3,(H,22,23);1H. The van der Waals surface area contributed by atoms with Crippen LogP contribution in [0.4, 0.5) is 4.39 Å². The maximum atomic E-state index is 13.8. The van der Waals surface area contributed by atoms with Crippen LogP contribution in [0.3, 0.4) is 0 Å². The predicted octanol–water partition coefficient (Wildman–Crippen LogP) is 2.46. The van der Waals surface area contributed by atoms with E-state index in [2.05, 4.69) is 22.0 Å². The Morgan fingerprint density at radius 2 is 2.11 bits per heavy atom. The Kier molecular flexibility index (Phi) is 9.90. The second-order valence-corrected chi connectivity index (χ2v) is 7.07. The third-order valence-corrected chi connectivity index (χ3v) is 5.18. The highest BCUT2D eigenvalue weighted by Gasteiger charge is 2.30. The van der Waals surface area contributed by atoms with E-state index >= 15 is 0 Å². The summed E-state index contributed by atoms with van der Waals surface area (Å²) in [6, 6.07) is 5.70. The average Bonchev–Trinajstić information content (AvgIpc) is 3.18. The van der Waals surface area contributed by atoms with E-state index in [0.717, 1.165) is 63.9 Å². The Labute approximate surface area is 184 Å². The fraction of sp³-hybridized carbons (Fsp3) is 0.650. The maximum absolute atomic E-state index is 13.8. The lowest BCUT2D eigenvalue weighted by molar-refractivity contribution is 0.0195. The third-order valence-electron chi connectivity index (χ3n) is 5.18. The molecule has 2 aliphatic rings. The first-order valence-electron chi connectivity index (χ1n) is 9.82. The zero-order valence-electron chi connectivity index (χ0n) is 16.8. The Bertz CT molecular complexity index is 641. The van der Waals surface area contributed by atoms with Gasteiger partial charge in [0.05, 0.1) is 26.4 Å². The molecule has 158 valence electrons. The molecule has 1 atom stereocenters. The van der Waals surface area contributed by atoms with Crippen LogP contribution in [0.25, 0.3) is 0 Å². The number of hydrogen-bond donors (Lipinski definition) is 1. The Morgan fingerprint density at radius 3 is 2.82 bits per heavy atom. The van der Waals surface area contributed by atoms with Crippen LogP contribution >= 0.6 is 24.0 Å². The minimum absolute atomic E-state index is 0. The van der Waals surface area contributed by atoms with Crippen LogP contribution in [0.5, 0.6) is 0 Å². The van der Waals surface area contributed by atoms with E-state index in [1.165, 1.54) is 6.07 Å². The highest BCUT2D eigenvalue weighted by molar-refractivity contribution is 14.0. The fourth-order valence-corrected chi connectivity index (χ4v) is 3.76. The zero-order valence-corrected chi connectivity index (χ0v) is 19.2. The van der Waals surface area contributed by atoms with Crippen molar-refractivity contribution in [3.8, 4) is 0 Å². The monoisotopic (exact) mass is 506 g/mol. The van der Waals surface area contributed by atoms with E-state index in [9.17, 15) is 4.39 Å². The molecule has 0 radical (unpaired) electrons. The maximum Gasteiger partial charge on any atom is 0.194 e. The number of rotatable bonds is 6. The number of ether oxygens (including phenoxy) is 2. The third kappa shape index (κ3) is 6.27. The summed E-state index contributed by atoms with van der Waals surface area (Å²) in [5.41, 5.74) is 1.56. The molecule has 2 aliphatic heterocycles. The second-order valence-electron chi connectivity index (χ2n) is 7.07. The lowest BCUT2D eigenvalue weighted by atomic mass is 10.1. The summed E-state index contributed by atoms with van der Waals surface area (Å²) in [7, 11) is 1.58. The lowest BCUT2D eigenvalue weighted by Crippen LogP contribution is -2.46. The molecule has 6 nitrogen and oxygen atoms in total. The molecule has 8 heteroatoms. The van der Waals surface area contributed by atoms with Gasteiger partial charge in [0.2, 0.25) is 0 Å². The number of halogens is 2. The van der Waals surface area contributed by atoms with Gasteiger partial charge in [0, 0.05) is 51.4 Å². The van der Waals surface area contributed by atoms with Crippen LogP contribution in [-0.4, -0.2) is 74.8 Å². The van der Waals surface area contributed by atoms with Crippen LogP contribution in [0, 0.1) is 5.82 Å². The number of nitrogens with zero attached hydrogens (tertiary/aromatic N) is 3. The van der Waals surface area contributed by atoms with E-state index in [-0.39, 0.29) is 36.4 Å². The van der Waals surface area contributed by atoms with Gasteiger partial charge in [-0.25, -0.2) is 9.38 Å². The first-order valence-corrected chi connectivity index (χ1v) is 9.82. The summed E-state index contributed by atoms with van der Waals surface area (Å²) in [6.45, 7) is 9.41. The van der Waals surface area contributed by atoms with Crippen molar-refractivity contribution in [1.82, 2.24) is 15.1 Å². The van der Waals surface area contributed by atoms with E-state index in [1.807, 2.05) is 6.07 Å². The van der Waals surface area contributed by atoms with Gasteiger partial charge in [-0.15, -0.1) is 24.0 Å². The van der Waals surface area contributed by atoms with Gasteiger partial charge in [-0.2, -0.15) is 0 Å². The van der Waals surface area contributed by atoms with Crippen molar-refractivity contribution in [2.45, 2.75) is 32.5 Å². The van der Waals surface area contributed by atoms with Crippen molar-refractivity contribution < 1.29 is 13.9 Å². The summed E-state index contributed by atoms with van der Waals surface area (Å²) in [5.74, 6) is 0.704. The summed E-state index contributed by atoms with van der Waals surface area (Å²) in [4.78, 5) is 9.67. The van der Waals surface area contributed by atoms with Gasteiger partial charge in [-0.3, -0.25) is 4.90 Å². The number of hydrogen-bond acceptors (Lipinski definition) is 4. The molecule has 0 bridgehead atoms. The summed E-state index contributed by atoms with van der Waals surface area (Å²) >= 11 is 0. The molecule has 1 aromatic carbocycles. The molecule has 3 rings (SSSR count).